The summed E-state index contributed by atoms with van der Waals surface area (Å²) in [4.78, 5) is 34.4. The lowest BCUT2D eigenvalue weighted by Gasteiger charge is -2.10. The molecule has 0 unspecified atom stereocenters. The third kappa shape index (κ3) is 18.4. The maximum atomic E-state index is 12.3. The Morgan fingerprint density at radius 2 is 0.875 bits per heavy atom. The molecule has 0 aliphatic rings. The fourth-order valence-corrected chi connectivity index (χ4v) is 8.39. The molecule has 3 aromatic heterocycles. The van der Waals surface area contributed by atoms with Crippen LogP contribution >= 0.6 is 92.8 Å². The molecule has 6 aromatic carbocycles. The summed E-state index contributed by atoms with van der Waals surface area (Å²) in [5.74, 6) is -0.715. The second-order valence-electron chi connectivity index (χ2n) is 15.6. The number of nitrogens with zero attached hydrogens (tertiary/aromatic N) is 8. The summed E-state index contributed by atoms with van der Waals surface area (Å²) in [5.41, 5.74) is 1.18. The van der Waals surface area contributed by atoms with E-state index in [9.17, 15) is 19.5 Å². The number of aromatic carboxylic acids is 2. The molecular weight excluding hydrogens is 1210 g/mol. The van der Waals surface area contributed by atoms with E-state index in [4.69, 9.17) is 131 Å². The van der Waals surface area contributed by atoms with Crippen molar-refractivity contribution in [2.24, 2.45) is 0 Å². The molecule has 416 valence electrons. The van der Waals surface area contributed by atoms with Crippen molar-refractivity contribution in [2.75, 3.05) is 20.8 Å². The van der Waals surface area contributed by atoms with Crippen LogP contribution in [0, 0.1) is 0 Å². The number of carbonyl (C=O) groups excluding carboxylic acids is 1. The van der Waals surface area contributed by atoms with E-state index in [1.807, 2.05) is 36.4 Å². The summed E-state index contributed by atoms with van der Waals surface area (Å²) >= 11 is 46.5. The second kappa shape index (κ2) is 29.5. The van der Waals surface area contributed by atoms with Gasteiger partial charge in [-0.25, -0.2) is 28.8 Å². The van der Waals surface area contributed by atoms with Crippen LogP contribution in [0.5, 0.6) is 52.1 Å². The lowest BCUT2D eigenvalue weighted by atomic mass is 10.2. The number of methoxy groups -OCH3 is 2. The summed E-state index contributed by atoms with van der Waals surface area (Å²) in [7, 11) is 3.17. The van der Waals surface area contributed by atoms with E-state index >= 15 is 0 Å². The van der Waals surface area contributed by atoms with Gasteiger partial charge in [-0.15, -0.1) is 10.2 Å². The molecule has 0 bridgehead atoms. The number of nitrogens with one attached hydrogen (secondary N) is 1. The predicted octanol–water partition coefficient (Wildman–Crippen LogP) is 14.0. The zero-order valence-electron chi connectivity index (χ0n) is 41.3. The molecule has 0 spiro atoms. The van der Waals surface area contributed by atoms with Gasteiger partial charge in [0.1, 0.15) is 34.5 Å². The SMILES string of the molecule is CCOC(=O)c1nnn(Cc2ccc(OC)cc2)c1Oc1cc(Cl)cc(Cl)c1.COc1ccc(Cn2nnc(C(=O)O)c2Oc2cc(Cl)cc(Cl)c2)cc1.O=C(O)c1[nH]nnc1Oc1cc(Cl)cc(Cl)c1.Oc1cc(Cl)cc(Cl)c1. The number of carboxylic acids is 2. The molecule has 3 heterocycles. The van der Waals surface area contributed by atoms with Gasteiger partial charge in [0.25, 0.3) is 17.6 Å². The maximum Gasteiger partial charge on any atom is 0.364 e. The number of benzene rings is 6. The van der Waals surface area contributed by atoms with Crippen LogP contribution in [-0.4, -0.2) is 99.5 Å². The molecule has 0 fully saturated rings. The maximum absolute atomic E-state index is 12.3. The number of hydrogen-bond acceptors (Lipinski definition) is 16. The van der Waals surface area contributed by atoms with E-state index in [2.05, 4.69) is 36.0 Å². The normalized spacial score (nSPS) is 10.4. The van der Waals surface area contributed by atoms with Crippen molar-refractivity contribution in [3.63, 3.8) is 0 Å². The Bertz CT molecular complexity index is 3480. The number of hydrogen-bond donors (Lipinski definition) is 4. The first-order valence-electron chi connectivity index (χ1n) is 22.4. The number of H-pyrrole nitrogens is 1. The highest BCUT2D eigenvalue weighted by Gasteiger charge is 2.25. The monoisotopic (exact) mass is 1250 g/mol. The number of rotatable bonds is 16. The van der Waals surface area contributed by atoms with Gasteiger partial charge in [-0.2, -0.15) is 0 Å². The van der Waals surface area contributed by atoms with Crippen molar-refractivity contribution in [3.05, 3.63) is 190 Å². The highest BCUT2D eigenvalue weighted by Crippen LogP contribution is 2.33. The Hall–Kier alpha value is -7.73. The molecule has 0 radical (unpaired) electrons. The van der Waals surface area contributed by atoms with Crippen LogP contribution in [0.1, 0.15) is 49.5 Å². The van der Waals surface area contributed by atoms with Crippen LogP contribution in [0.4, 0.5) is 0 Å². The third-order valence-electron chi connectivity index (χ3n) is 9.76. The zero-order valence-corrected chi connectivity index (χ0v) is 47.3. The van der Waals surface area contributed by atoms with Crippen LogP contribution in [0.2, 0.25) is 40.2 Å². The Balaban J connectivity index is 0.000000183. The smallest absolute Gasteiger partial charge is 0.364 e. The van der Waals surface area contributed by atoms with Crippen molar-refractivity contribution in [1.29, 1.82) is 0 Å². The molecule has 0 saturated heterocycles. The quantitative estimate of drug-likeness (QED) is 0.0655. The minimum absolute atomic E-state index is 0.0216. The van der Waals surface area contributed by atoms with Gasteiger partial charge in [-0.05, 0) is 115 Å². The fraction of sp³-hybridized carbons (Fsp3) is 0.118. The van der Waals surface area contributed by atoms with Gasteiger partial charge in [-0.1, -0.05) is 138 Å². The average Bonchev–Trinajstić information content (AvgIpc) is 4.13. The van der Waals surface area contributed by atoms with E-state index in [-0.39, 0.29) is 65.1 Å². The molecule has 0 atom stereocenters. The number of halogens is 8. The number of carboxylic acid groups (broad SMARTS) is 2. The van der Waals surface area contributed by atoms with Crippen molar-refractivity contribution in [2.45, 2.75) is 20.0 Å². The van der Waals surface area contributed by atoms with Crippen molar-refractivity contribution < 1.29 is 58.1 Å². The highest BCUT2D eigenvalue weighted by molar-refractivity contribution is 6.36. The Kier molecular flexibility index (Phi) is 22.7. The summed E-state index contributed by atoms with van der Waals surface area (Å²) in [6, 6.07) is 32.9. The number of aromatic amines is 1. The first-order valence-corrected chi connectivity index (χ1v) is 25.5. The number of phenols is 1. The summed E-state index contributed by atoms with van der Waals surface area (Å²) in [6.45, 7) is 2.48. The van der Waals surface area contributed by atoms with E-state index in [1.54, 1.807) is 63.6 Å². The Morgan fingerprint density at radius 3 is 1.24 bits per heavy atom. The second-order valence-corrected chi connectivity index (χ2v) is 19.1. The number of aromatic hydroxyl groups is 1. The minimum Gasteiger partial charge on any atom is -0.508 e. The van der Waals surface area contributed by atoms with E-state index in [0.29, 0.717) is 58.2 Å². The molecule has 21 nitrogen and oxygen atoms in total. The van der Waals surface area contributed by atoms with Crippen LogP contribution in [-0.2, 0) is 17.8 Å². The van der Waals surface area contributed by atoms with E-state index in [1.165, 1.54) is 51.8 Å². The van der Waals surface area contributed by atoms with Crippen molar-refractivity contribution >= 4 is 111 Å². The third-order valence-corrected chi connectivity index (χ3v) is 11.5. The molecule has 4 N–H and O–H groups in total. The number of aromatic nitrogens is 9. The molecule has 0 aliphatic carbocycles. The molecule has 80 heavy (non-hydrogen) atoms. The van der Waals surface area contributed by atoms with Gasteiger partial charge in [0.2, 0.25) is 17.1 Å². The van der Waals surface area contributed by atoms with Gasteiger partial charge >= 0.3 is 17.9 Å². The molecular formula is C51H39Cl8N9O12. The van der Waals surface area contributed by atoms with Gasteiger partial charge in [0.05, 0.1) is 33.9 Å². The summed E-state index contributed by atoms with van der Waals surface area (Å²) < 4.78 is 34.9. The molecule has 0 aliphatic heterocycles. The van der Waals surface area contributed by atoms with Gasteiger partial charge in [0.15, 0.2) is 0 Å². The Labute approximate surface area is 493 Å². The highest BCUT2D eigenvalue weighted by atomic mass is 35.5. The van der Waals surface area contributed by atoms with Gasteiger partial charge in [0, 0.05) is 40.2 Å². The molecule has 29 heteroatoms. The predicted molar refractivity (Wildman–Crippen MR) is 298 cm³/mol. The Morgan fingerprint density at radius 1 is 0.500 bits per heavy atom. The first-order chi connectivity index (χ1) is 38.2. The van der Waals surface area contributed by atoms with Crippen molar-refractivity contribution in [1.82, 2.24) is 45.4 Å². The molecule has 0 amide bonds. The van der Waals surface area contributed by atoms with Crippen LogP contribution in [0.15, 0.2) is 121 Å². The van der Waals surface area contributed by atoms with E-state index in [0.717, 1.165) is 16.9 Å². The average molecular weight is 1250 g/mol. The van der Waals surface area contributed by atoms with Crippen LogP contribution < -0.4 is 23.7 Å². The molecule has 9 aromatic rings. The van der Waals surface area contributed by atoms with Gasteiger partial charge in [-0.3, -0.25) is 0 Å². The lowest BCUT2D eigenvalue weighted by Crippen LogP contribution is -2.09. The lowest BCUT2D eigenvalue weighted by molar-refractivity contribution is 0.0515. The summed E-state index contributed by atoms with van der Waals surface area (Å²) in [5, 5.41) is 54.7. The fourth-order valence-electron chi connectivity index (χ4n) is 6.35. The van der Waals surface area contributed by atoms with Gasteiger partial charge < -0.3 is 43.7 Å². The zero-order chi connectivity index (χ0) is 58.0. The summed E-state index contributed by atoms with van der Waals surface area (Å²) in [6.07, 6.45) is 0. The number of phenolic OH excluding ortho intramolecular Hbond substituents is 1. The van der Waals surface area contributed by atoms with Crippen LogP contribution in [0.3, 0.4) is 0 Å². The van der Waals surface area contributed by atoms with E-state index < -0.39 is 17.9 Å². The largest absolute Gasteiger partial charge is 0.508 e. The topological polar surface area (TPSA) is 270 Å². The van der Waals surface area contributed by atoms with Crippen LogP contribution in [0.25, 0.3) is 0 Å². The van der Waals surface area contributed by atoms with Crippen molar-refractivity contribution in [3.8, 4) is 52.1 Å². The first kappa shape index (κ1) is 61.5. The molecule has 0 saturated carbocycles. The number of ether oxygens (including phenoxy) is 6. The minimum atomic E-state index is -1.26. The number of esters is 1. The molecule has 9 rings (SSSR count). The number of carbonyl (C=O) groups is 3. The standard InChI is InChI=1S/C19H17Cl2N3O4.C17H13Cl2N3O4.C9H5Cl2N3O3.C6H4Cl2O/c1-3-27-19(25)17-18(28-16-9-13(20)8-14(21)10-16)24(23-22-17)11-12-4-6-15(26-2)7-5-12;1-25-13-4-2-10(3-5-13)9-22-16(15(17(23)24)20-21-22)26-14-7-11(18)6-12(19)8-14;10-4-1-5(11)3-6(2-4)17-8-7(9(15)16)12-14-13-8;7-4-1-5(8)3-6(9)2-4/h4-10H,3,11H2,1-2H3;2-8H,9H2,1H3,(H,23,24);1-3H,(H,15,16)(H,12,13,14);1-3,9H.